The molecule has 0 unspecified atom stereocenters. The minimum absolute atomic E-state index is 0.0185. The fraction of sp³-hybridized carbons (Fsp3) is 0.238. The number of benzene rings is 1. The highest BCUT2D eigenvalue weighted by atomic mass is 79.9. The number of halogens is 2. The van der Waals surface area contributed by atoms with Crippen molar-refractivity contribution >= 4 is 72.8 Å². The van der Waals surface area contributed by atoms with Crippen LogP contribution in [0.3, 0.4) is 0 Å². The molecule has 0 N–H and O–H groups in total. The van der Waals surface area contributed by atoms with Crippen LogP contribution >= 0.6 is 43.6 Å². The molecule has 1 aliphatic rings. The van der Waals surface area contributed by atoms with Crippen molar-refractivity contribution in [3.05, 3.63) is 55.2 Å². The van der Waals surface area contributed by atoms with Gasteiger partial charge in [0.25, 0.3) is 11.1 Å². The molecule has 3 rings (SSSR count). The molecule has 1 aromatic carbocycles. The first-order chi connectivity index (χ1) is 15.7. The number of rotatable bonds is 8. The molecule has 0 saturated carbocycles. The first kappa shape index (κ1) is 25.1. The Bertz CT molecular complexity index is 1120. The molecule has 0 spiro atoms. The summed E-state index contributed by atoms with van der Waals surface area (Å²) in [6.07, 6.45) is 1.57. The van der Waals surface area contributed by atoms with Gasteiger partial charge in [-0.25, -0.2) is 9.59 Å². The summed E-state index contributed by atoms with van der Waals surface area (Å²) < 4.78 is 21.3. The van der Waals surface area contributed by atoms with Gasteiger partial charge in [-0.2, -0.15) is 0 Å². The van der Waals surface area contributed by atoms with E-state index < -0.39 is 23.1 Å². The second kappa shape index (κ2) is 11.0. The zero-order valence-corrected chi connectivity index (χ0v) is 21.4. The van der Waals surface area contributed by atoms with Crippen molar-refractivity contribution in [2.75, 3.05) is 20.3 Å². The van der Waals surface area contributed by atoms with Crippen molar-refractivity contribution in [1.29, 1.82) is 0 Å². The molecule has 2 heterocycles. The van der Waals surface area contributed by atoms with E-state index in [4.69, 9.17) is 13.9 Å². The summed E-state index contributed by atoms with van der Waals surface area (Å²) in [6.45, 7) is 1.58. The Balaban J connectivity index is 1.74. The van der Waals surface area contributed by atoms with Crippen molar-refractivity contribution in [2.45, 2.75) is 13.5 Å². The maximum absolute atomic E-state index is 12.8. The van der Waals surface area contributed by atoms with Crippen LogP contribution in [-0.2, 0) is 25.6 Å². The van der Waals surface area contributed by atoms with Crippen molar-refractivity contribution in [1.82, 2.24) is 4.90 Å². The van der Waals surface area contributed by atoms with E-state index in [2.05, 4.69) is 36.6 Å². The molecule has 1 aromatic heterocycles. The summed E-state index contributed by atoms with van der Waals surface area (Å²) in [5, 5.41) is -0.463. The molecule has 0 radical (unpaired) electrons. The van der Waals surface area contributed by atoms with Gasteiger partial charge in [0.05, 0.1) is 34.1 Å². The Kier molecular flexibility index (Phi) is 8.38. The number of esters is 2. The summed E-state index contributed by atoms with van der Waals surface area (Å²) in [5.74, 6) is -0.989. The smallest absolute Gasteiger partial charge is 0.373 e. The number of nitrogens with zero attached hydrogens (tertiary/aromatic N) is 1. The molecule has 9 nitrogen and oxygen atoms in total. The lowest BCUT2D eigenvalue weighted by molar-refractivity contribution is -0.145. The third kappa shape index (κ3) is 6.06. The number of hydrogen-bond acceptors (Lipinski definition) is 9. The van der Waals surface area contributed by atoms with Crippen LogP contribution in [0.4, 0.5) is 4.79 Å². The second-order valence-corrected chi connectivity index (χ2v) is 9.13. The summed E-state index contributed by atoms with van der Waals surface area (Å²) in [5.41, 5.74) is 0.619. The lowest BCUT2D eigenvalue weighted by Crippen LogP contribution is -2.27. The molecule has 0 bridgehead atoms. The number of carbonyl (C=O) groups is 4. The zero-order chi connectivity index (χ0) is 24.1. The van der Waals surface area contributed by atoms with E-state index in [9.17, 15) is 19.2 Å². The van der Waals surface area contributed by atoms with Gasteiger partial charge >= 0.3 is 11.9 Å². The molecule has 1 aliphatic heterocycles. The van der Waals surface area contributed by atoms with Crippen molar-refractivity contribution in [3.8, 4) is 5.75 Å². The Morgan fingerprint density at radius 1 is 1.18 bits per heavy atom. The molecule has 174 valence electrons. The summed E-state index contributed by atoms with van der Waals surface area (Å²) >= 11 is 7.56. The lowest BCUT2D eigenvalue weighted by atomic mass is 10.2. The molecule has 33 heavy (non-hydrogen) atoms. The van der Waals surface area contributed by atoms with Gasteiger partial charge in [0.15, 0.2) is 6.61 Å². The van der Waals surface area contributed by atoms with E-state index in [-0.39, 0.29) is 36.2 Å². The zero-order valence-electron chi connectivity index (χ0n) is 17.4. The van der Waals surface area contributed by atoms with Gasteiger partial charge in [0.1, 0.15) is 11.5 Å². The number of imide groups is 1. The minimum atomic E-state index is -0.652. The third-order valence-electron chi connectivity index (χ3n) is 4.19. The highest BCUT2D eigenvalue weighted by Crippen LogP contribution is 2.38. The Morgan fingerprint density at radius 2 is 1.88 bits per heavy atom. The third-order valence-corrected chi connectivity index (χ3v) is 6.28. The van der Waals surface area contributed by atoms with E-state index in [1.165, 1.54) is 19.2 Å². The average molecular weight is 603 g/mol. The van der Waals surface area contributed by atoms with Gasteiger partial charge < -0.3 is 18.6 Å². The first-order valence-corrected chi connectivity index (χ1v) is 11.8. The van der Waals surface area contributed by atoms with Crippen LogP contribution in [-0.4, -0.2) is 48.3 Å². The standard InChI is InChI=1S/C21H17Br2NO8S/c1-3-30-17(25)10-31-18-13(22)6-11(7-14(18)23)8-16-19(26)24(21(28)33-16)9-12-4-5-15(32-12)20(27)29-2/h4-8H,3,9-10H2,1-2H3/b16-8+. The Hall–Kier alpha value is -2.57. The SMILES string of the molecule is CCOC(=O)COc1c(Br)cc(/C=C2/SC(=O)N(Cc3ccc(C(=O)OC)o3)C2=O)cc1Br. The van der Waals surface area contributed by atoms with Crippen molar-refractivity contribution < 1.29 is 37.8 Å². The highest BCUT2D eigenvalue weighted by molar-refractivity contribution is 9.11. The fourth-order valence-corrected chi connectivity index (χ4v) is 5.04. The van der Waals surface area contributed by atoms with E-state index in [1.54, 1.807) is 25.1 Å². The number of methoxy groups -OCH3 is 1. The summed E-state index contributed by atoms with van der Waals surface area (Å²) in [4.78, 5) is 49.5. The van der Waals surface area contributed by atoms with E-state index in [0.29, 0.717) is 20.3 Å². The van der Waals surface area contributed by atoms with E-state index >= 15 is 0 Å². The number of hydrogen-bond donors (Lipinski definition) is 0. The summed E-state index contributed by atoms with van der Waals surface area (Å²) in [6, 6.07) is 6.29. The van der Waals surface area contributed by atoms with Crippen LogP contribution in [0.1, 0.15) is 28.8 Å². The highest BCUT2D eigenvalue weighted by Gasteiger charge is 2.36. The lowest BCUT2D eigenvalue weighted by Gasteiger charge is -2.11. The average Bonchev–Trinajstić information content (AvgIpc) is 3.33. The van der Waals surface area contributed by atoms with Crippen LogP contribution in [0.15, 0.2) is 42.5 Å². The van der Waals surface area contributed by atoms with Gasteiger partial charge in [-0.15, -0.1) is 0 Å². The molecule has 1 fully saturated rings. The molecule has 1 saturated heterocycles. The number of thioether (sulfide) groups is 1. The van der Waals surface area contributed by atoms with Crippen LogP contribution < -0.4 is 4.74 Å². The largest absolute Gasteiger partial charge is 0.480 e. The second-order valence-electron chi connectivity index (χ2n) is 6.43. The Morgan fingerprint density at radius 3 is 2.52 bits per heavy atom. The van der Waals surface area contributed by atoms with Crippen LogP contribution in [0, 0.1) is 0 Å². The summed E-state index contributed by atoms with van der Waals surface area (Å²) in [7, 11) is 1.22. The van der Waals surface area contributed by atoms with Gasteiger partial charge in [-0.05, 0) is 86.5 Å². The predicted octanol–water partition coefficient (Wildman–Crippen LogP) is 4.77. The molecule has 0 atom stereocenters. The topological polar surface area (TPSA) is 112 Å². The minimum Gasteiger partial charge on any atom is -0.480 e. The van der Waals surface area contributed by atoms with Crippen LogP contribution in [0.5, 0.6) is 5.75 Å². The molecular weight excluding hydrogens is 586 g/mol. The maximum Gasteiger partial charge on any atom is 0.373 e. The maximum atomic E-state index is 12.8. The van der Waals surface area contributed by atoms with E-state index in [1.807, 2.05) is 0 Å². The fourth-order valence-electron chi connectivity index (χ4n) is 2.75. The monoisotopic (exact) mass is 601 g/mol. The molecule has 2 aromatic rings. The van der Waals surface area contributed by atoms with Crippen LogP contribution in [0.2, 0.25) is 0 Å². The van der Waals surface area contributed by atoms with E-state index in [0.717, 1.165) is 16.7 Å². The number of ether oxygens (including phenoxy) is 3. The van der Waals surface area contributed by atoms with Crippen molar-refractivity contribution in [2.24, 2.45) is 0 Å². The van der Waals surface area contributed by atoms with Gasteiger partial charge in [0.2, 0.25) is 5.76 Å². The molecule has 0 aliphatic carbocycles. The number of furan rings is 1. The van der Waals surface area contributed by atoms with Crippen LogP contribution in [0.25, 0.3) is 6.08 Å². The van der Waals surface area contributed by atoms with Gasteiger partial charge in [0, 0.05) is 0 Å². The molecule has 12 heteroatoms. The molecule has 2 amide bonds. The van der Waals surface area contributed by atoms with Gasteiger partial charge in [-0.1, -0.05) is 0 Å². The Labute approximate surface area is 209 Å². The molecular formula is C21H17Br2NO8S. The predicted molar refractivity (Wildman–Crippen MR) is 126 cm³/mol. The van der Waals surface area contributed by atoms with Gasteiger partial charge in [-0.3, -0.25) is 14.5 Å². The first-order valence-electron chi connectivity index (χ1n) is 9.43. The number of carbonyl (C=O) groups excluding carboxylic acids is 4. The van der Waals surface area contributed by atoms with Crippen molar-refractivity contribution in [3.63, 3.8) is 0 Å². The normalized spacial score (nSPS) is 14.7. The quantitative estimate of drug-likeness (QED) is 0.311. The number of amides is 2.